The van der Waals surface area contributed by atoms with Crippen LogP contribution in [0.25, 0.3) is 0 Å². The first-order valence-electron chi connectivity index (χ1n) is 8.02. The summed E-state index contributed by atoms with van der Waals surface area (Å²) in [5.41, 5.74) is 2.26. The number of likely N-dealkylation sites (N-methyl/N-ethyl adjacent to an activating group) is 1. The van der Waals surface area contributed by atoms with Crippen LogP contribution in [0.5, 0.6) is 5.75 Å². The highest BCUT2D eigenvalue weighted by atomic mass is 79.9. The smallest absolute Gasteiger partial charge is 0.244 e. The van der Waals surface area contributed by atoms with Gasteiger partial charge in [-0.05, 0) is 49.7 Å². The van der Waals surface area contributed by atoms with Crippen molar-refractivity contribution in [2.45, 2.75) is 18.7 Å². The molecule has 0 aromatic heterocycles. The molecule has 0 aliphatic carbocycles. The molecular formula is C18H23BrN2O3S. The zero-order valence-corrected chi connectivity index (χ0v) is 17.0. The molecule has 25 heavy (non-hydrogen) atoms. The highest BCUT2D eigenvalue weighted by Crippen LogP contribution is 2.27. The summed E-state index contributed by atoms with van der Waals surface area (Å²) in [7, 11) is -2.19. The van der Waals surface area contributed by atoms with Gasteiger partial charge in [-0.3, -0.25) is 0 Å². The Hall–Kier alpha value is -1.57. The van der Waals surface area contributed by atoms with Gasteiger partial charge in [0.05, 0.1) is 7.11 Å². The number of hydrogen-bond acceptors (Lipinski definition) is 4. The van der Waals surface area contributed by atoms with Crippen LogP contribution in [0.15, 0.2) is 51.8 Å². The first-order valence-corrected chi connectivity index (χ1v) is 10.3. The summed E-state index contributed by atoms with van der Waals surface area (Å²) in [5.74, 6) is 0.321. The standard InChI is InChI=1S/C18H23BrN2O3S/c1-4-21(16-7-5-6-14(2)12-16)11-10-20-25(22,23)18-13-15(19)8-9-17(18)24-3/h5-9,12-13,20H,4,10-11H2,1-3H3. The molecule has 0 aliphatic heterocycles. The molecule has 2 aromatic carbocycles. The Bertz CT molecular complexity index is 825. The van der Waals surface area contributed by atoms with Crippen molar-refractivity contribution in [2.24, 2.45) is 0 Å². The number of benzene rings is 2. The molecule has 7 heteroatoms. The third kappa shape index (κ3) is 5.20. The Morgan fingerprint density at radius 1 is 1.20 bits per heavy atom. The minimum atomic E-state index is -3.65. The highest BCUT2D eigenvalue weighted by Gasteiger charge is 2.19. The maximum Gasteiger partial charge on any atom is 0.244 e. The molecule has 0 spiro atoms. The van der Waals surface area contributed by atoms with Gasteiger partial charge in [-0.25, -0.2) is 13.1 Å². The summed E-state index contributed by atoms with van der Waals surface area (Å²) in [6.07, 6.45) is 0. The Morgan fingerprint density at radius 3 is 2.60 bits per heavy atom. The van der Waals surface area contributed by atoms with Crippen LogP contribution in [-0.2, 0) is 10.0 Å². The lowest BCUT2D eigenvalue weighted by atomic mass is 10.2. The molecule has 0 radical (unpaired) electrons. The molecule has 0 saturated heterocycles. The summed E-state index contributed by atoms with van der Waals surface area (Å²) in [6, 6.07) is 13.1. The molecule has 0 saturated carbocycles. The van der Waals surface area contributed by atoms with Crippen molar-refractivity contribution < 1.29 is 13.2 Å². The maximum absolute atomic E-state index is 12.6. The van der Waals surface area contributed by atoms with Gasteiger partial charge in [0, 0.05) is 29.8 Å². The van der Waals surface area contributed by atoms with E-state index in [9.17, 15) is 8.42 Å². The average Bonchev–Trinajstić information content (AvgIpc) is 2.58. The third-order valence-corrected chi connectivity index (χ3v) is 5.81. The summed E-state index contributed by atoms with van der Waals surface area (Å²) >= 11 is 3.30. The fourth-order valence-corrected chi connectivity index (χ4v) is 4.27. The molecule has 0 unspecified atom stereocenters. The van der Waals surface area contributed by atoms with E-state index in [4.69, 9.17) is 4.74 Å². The molecule has 0 atom stereocenters. The second-order valence-electron chi connectivity index (χ2n) is 5.61. The number of nitrogens with one attached hydrogen (secondary N) is 1. The summed E-state index contributed by atoms with van der Waals surface area (Å²) in [6.45, 7) is 5.77. The number of rotatable bonds is 8. The minimum Gasteiger partial charge on any atom is -0.495 e. The van der Waals surface area contributed by atoms with E-state index in [-0.39, 0.29) is 4.90 Å². The summed E-state index contributed by atoms with van der Waals surface area (Å²) < 4.78 is 33.7. The van der Waals surface area contributed by atoms with Crippen molar-refractivity contribution >= 4 is 31.6 Å². The predicted molar refractivity (Wildman–Crippen MR) is 105 cm³/mol. The van der Waals surface area contributed by atoms with E-state index in [0.717, 1.165) is 12.2 Å². The molecule has 5 nitrogen and oxygen atoms in total. The highest BCUT2D eigenvalue weighted by molar-refractivity contribution is 9.10. The second kappa shape index (κ2) is 8.69. The zero-order chi connectivity index (χ0) is 18.4. The van der Waals surface area contributed by atoms with Gasteiger partial charge in [-0.1, -0.05) is 28.1 Å². The van der Waals surface area contributed by atoms with Crippen LogP contribution in [0.2, 0.25) is 0 Å². The minimum absolute atomic E-state index is 0.128. The third-order valence-electron chi connectivity index (χ3n) is 3.84. The number of aryl methyl sites for hydroxylation is 1. The van der Waals surface area contributed by atoms with Gasteiger partial charge in [0.1, 0.15) is 10.6 Å². The van der Waals surface area contributed by atoms with Gasteiger partial charge in [-0.15, -0.1) is 0 Å². The number of halogens is 1. The molecular weight excluding hydrogens is 404 g/mol. The number of hydrogen-bond donors (Lipinski definition) is 1. The largest absolute Gasteiger partial charge is 0.495 e. The monoisotopic (exact) mass is 426 g/mol. The van der Waals surface area contributed by atoms with Crippen LogP contribution >= 0.6 is 15.9 Å². The molecule has 0 aliphatic rings. The topological polar surface area (TPSA) is 58.6 Å². The maximum atomic E-state index is 12.6. The average molecular weight is 427 g/mol. The van der Waals surface area contributed by atoms with E-state index in [1.54, 1.807) is 18.2 Å². The lowest BCUT2D eigenvalue weighted by Crippen LogP contribution is -2.35. The molecule has 2 aromatic rings. The lowest BCUT2D eigenvalue weighted by molar-refractivity contribution is 0.402. The van der Waals surface area contributed by atoms with Crippen LogP contribution in [0.3, 0.4) is 0 Å². The molecule has 0 bridgehead atoms. The quantitative estimate of drug-likeness (QED) is 0.700. The van der Waals surface area contributed by atoms with Crippen LogP contribution < -0.4 is 14.4 Å². The molecule has 1 N–H and O–H groups in total. The van der Waals surface area contributed by atoms with E-state index in [2.05, 4.69) is 31.6 Å². The van der Waals surface area contributed by atoms with Crippen LogP contribution in [-0.4, -0.2) is 35.2 Å². The normalized spacial score (nSPS) is 11.4. The van der Waals surface area contributed by atoms with Gasteiger partial charge >= 0.3 is 0 Å². The molecule has 136 valence electrons. The van der Waals surface area contributed by atoms with Gasteiger partial charge in [-0.2, -0.15) is 0 Å². The van der Waals surface area contributed by atoms with Crippen molar-refractivity contribution in [2.75, 3.05) is 31.6 Å². The molecule has 2 rings (SSSR count). The van der Waals surface area contributed by atoms with Crippen LogP contribution in [0.1, 0.15) is 12.5 Å². The predicted octanol–water partition coefficient (Wildman–Crippen LogP) is 3.57. The Labute approximate surface area is 158 Å². The van der Waals surface area contributed by atoms with E-state index in [1.807, 2.05) is 32.0 Å². The van der Waals surface area contributed by atoms with Gasteiger partial charge in [0.2, 0.25) is 10.0 Å². The Morgan fingerprint density at radius 2 is 1.96 bits per heavy atom. The lowest BCUT2D eigenvalue weighted by Gasteiger charge is -2.23. The van der Waals surface area contributed by atoms with Crippen molar-refractivity contribution in [1.82, 2.24) is 4.72 Å². The van der Waals surface area contributed by atoms with Gasteiger partial charge in [0.15, 0.2) is 0 Å². The molecule has 0 heterocycles. The fraction of sp³-hybridized carbons (Fsp3) is 0.333. The number of sulfonamides is 1. The van der Waals surface area contributed by atoms with Crippen molar-refractivity contribution in [3.05, 3.63) is 52.5 Å². The number of anilines is 1. The van der Waals surface area contributed by atoms with Crippen LogP contribution in [0.4, 0.5) is 5.69 Å². The first kappa shape index (κ1) is 19.8. The SMILES string of the molecule is CCN(CCNS(=O)(=O)c1cc(Br)ccc1OC)c1cccc(C)c1. The molecule has 0 fully saturated rings. The van der Waals surface area contributed by atoms with Crippen LogP contribution in [0, 0.1) is 6.92 Å². The number of ether oxygens (including phenoxy) is 1. The van der Waals surface area contributed by atoms with Gasteiger partial charge in [0.25, 0.3) is 0 Å². The van der Waals surface area contributed by atoms with E-state index < -0.39 is 10.0 Å². The number of methoxy groups -OCH3 is 1. The van der Waals surface area contributed by atoms with Crippen molar-refractivity contribution in [3.63, 3.8) is 0 Å². The summed E-state index contributed by atoms with van der Waals surface area (Å²) in [4.78, 5) is 2.26. The Kier molecular flexibility index (Phi) is 6.87. The molecule has 0 amide bonds. The van der Waals surface area contributed by atoms with E-state index >= 15 is 0 Å². The number of nitrogens with zero attached hydrogens (tertiary/aromatic N) is 1. The van der Waals surface area contributed by atoms with Gasteiger partial charge < -0.3 is 9.64 Å². The first-order chi connectivity index (χ1) is 11.9. The second-order valence-corrected chi connectivity index (χ2v) is 8.26. The Balaban J connectivity index is 2.08. The van der Waals surface area contributed by atoms with Crippen molar-refractivity contribution in [1.29, 1.82) is 0 Å². The van der Waals surface area contributed by atoms with E-state index in [1.165, 1.54) is 12.7 Å². The van der Waals surface area contributed by atoms with E-state index in [0.29, 0.717) is 23.3 Å². The fourth-order valence-electron chi connectivity index (χ4n) is 2.55. The summed E-state index contributed by atoms with van der Waals surface area (Å²) in [5, 5.41) is 0. The zero-order valence-electron chi connectivity index (χ0n) is 14.6. The van der Waals surface area contributed by atoms with Crippen molar-refractivity contribution in [3.8, 4) is 5.75 Å².